The molecule has 3 aromatic heterocycles. The molecule has 0 N–H and O–H groups in total. The first-order valence-electron chi connectivity index (χ1n) is 11.3. The number of thiophene rings is 1. The Labute approximate surface area is 175 Å². The molecule has 1 atom stereocenters. The predicted octanol–water partition coefficient (Wildman–Crippen LogP) is 4.27. The maximum atomic E-state index is 4.81. The molecule has 0 spiro atoms. The first kappa shape index (κ1) is 17.8. The van der Waals surface area contributed by atoms with E-state index in [4.69, 9.17) is 4.98 Å². The molecule has 0 bridgehead atoms. The highest BCUT2D eigenvalue weighted by Crippen LogP contribution is 2.40. The van der Waals surface area contributed by atoms with E-state index in [-0.39, 0.29) is 0 Å². The summed E-state index contributed by atoms with van der Waals surface area (Å²) in [7, 11) is 0. The van der Waals surface area contributed by atoms with Crippen LogP contribution in [-0.4, -0.2) is 37.8 Å². The average Bonchev–Trinajstić information content (AvgIpc) is 3.27. The Morgan fingerprint density at radius 2 is 1.83 bits per heavy atom. The maximum Gasteiger partial charge on any atom is 0.141 e. The number of hydrogen-bond acceptors (Lipinski definition) is 6. The quantitative estimate of drug-likeness (QED) is 0.634. The number of nitrogens with zero attached hydrogens (tertiary/aromatic N) is 6. The van der Waals surface area contributed by atoms with Gasteiger partial charge in [-0.25, -0.2) is 9.97 Å². The van der Waals surface area contributed by atoms with Gasteiger partial charge in [0.2, 0.25) is 0 Å². The van der Waals surface area contributed by atoms with Crippen molar-refractivity contribution < 1.29 is 0 Å². The highest BCUT2D eigenvalue weighted by atomic mass is 32.1. The molecule has 29 heavy (non-hydrogen) atoms. The summed E-state index contributed by atoms with van der Waals surface area (Å²) in [5, 5.41) is 10.6. The molecule has 1 saturated heterocycles. The van der Waals surface area contributed by atoms with E-state index in [1.807, 2.05) is 11.3 Å². The van der Waals surface area contributed by atoms with Crippen molar-refractivity contribution in [2.45, 2.75) is 76.7 Å². The second kappa shape index (κ2) is 7.35. The summed E-state index contributed by atoms with van der Waals surface area (Å²) >= 11 is 1.89. The zero-order chi connectivity index (χ0) is 19.2. The molecule has 7 heteroatoms. The Balaban J connectivity index is 1.35. The molecule has 152 valence electrons. The van der Waals surface area contributed by atoms with Gasteiger partial charge in [-0.1, -0.05) is 6.42 Å². The molecular formula is C22H28N6S. The van der Waals surface area contributed by atoms with Gasteiger partial charge in [-0.2, -0.15) is 0 Å². The second-order valence-corrected chi connectivity index (χ2v) is 9.89. The van der Waals surface area contributed by atoms with E-state index in [1.165, 1.54) is 85.2 Å². The summed E-state index contributed by atoms with van der Waals surface area (Å²) in [4.78, 5) is 14.7. The van der Waals surface area contributed by atoms with Crippen LogP contribution in [0.4, 0.5) is 5.82 Å². The predicted molar refractivity (Wildman–Crippen MR) is 116 cm³/mol. The lowest BCUT2D eigenvalue weighted by Crippen LogP contribution is -2.36. The molecule has 0 saturated carbocycles. The van der Waals surface area contributed by atoms with Crippen molar-refractivity contribution in [3.8, 4) is 0 Å². The van der Waals surface area contributed by atoms with Crippen molar-refractivity contribution in [2.24, 2.45) is 0 Å². The number of fused-ring (bicyclic) bond motifs is 4. The van der Waals surface area contributed by atoms with Crippen LogP contribution in [0.1, 0.15) is 73.0 Å². The van der Waals surface area contributed by atoms with E-state index in [0.29, 0.717) is 5.92 Å². The summed E-state index contributed by atoms with van der Waals surface area (Å²) in [6.45, 7) is 3.16. The molecule has 3 aromatic rings. The molecular weight excluding hydrogens is 380 g/mol. The summed E-state index contributed by atoms with van der Waals surface area (Å²) < 4.78 is 2.43. The van der Waals surface area contributed by atoms with Crippen LogP contribution < -0.4 is 4.90 Å². The minimum absolute atomic E-state index is 0.447. The van der Waals surface area contributed by atoms with Crippen LogP contribution in [0.25, 0.3) is 10.2 Å². The van der Waals surface area contributed by atoms with Crippen LogP contribution in [0.3, 0.4) is 0 Å². The normalized spacial score (nSPS) is 22.3. The standard InChI is InChI=1S/C22H28N6S/c1-2-10-18-25-26-20(28(18)12-5-1)15-7-6-11-27(13-15)21-19-16-8-3-4-9-17(16)29-22(19)24-14-23-21/h14-15H,1-13H2. The Hall–Kier alpha value is -2.02. The van der Waals surface area contributed by atoms with Crippen LogP contribution in [0.2, 0.25) is 0 Å². The SMILES string of the molecule is c1nc(N2CCCC(c3nnc4n3CCCCC4)C2)c2c3c(sc2n1)CCCC3. The van der Waals surface area contributed by atoms with E-state index in [1.54, 1.807) is 11.2 Å². The molecule has 0 radical (unpaired) electrons. The minimum Gasteiger partial charge on any atom is -0.355 e. The van der Waals surface area contributed by atoms with E-state index < -0.39 is 0 Å². The van der Waals surface area contributed by atoms with Crippen molar-refractivity contribution in [2.75, 3.05) is 18.0 Å². The zero-order valence-electron chi connectivity index (χ0n) is 16.9. The first-order valence-corrected chi connectivity index (χ1v) is 12.1. The van der Waals surface area contributed by atoms with E-state index in [0.717, 1.165) is 31.9 Å². The van der Waals surface area contributed by atoms with Crippen LogP contribution in [-0.2, 0) is 25.8 Å². The smallest absolute Gasteiger partial charge is 0.141 e. The zero-order valence-corrected chi connectivity index (χ0v) is 17.8. The number of rotatable bonds is 2. The fourth-order valence-corrected chi connectivity index (χ4v) is 6.73. The topological polar surface area (TPSA) is 59.7 Å². The van der Waals surface area contributed by atoms with Gasteiger partial charge in [0, 0.05) is 36.9 Å². The third-order valence-electron chi connectivity index (χ3n) is 6.96. The fourth-order valence-electron chi connectivity index (χ4n) is 5.50. The molecule has 2 aliphatic heterocycles. The molecule has 0 aromatic carbocycles. The van der Waals surface area contributed by atoms with Gasteiger partial charge in [-0.15, -0.1) is 21.5 Å². The number of piperidine rings is 1. The van der Waals surface area contributed by atoms with E-state index in [9.17, 15) is 0 Å². The van der Waals surface area contributed by atoms with Crippen LogP contribution in [0, 0.1) is 0 Å². The maximum absolute atomic E-state index is 4.81. The first-order chi connectivity index (χ1) is 14.4. The number of anilines is 1. The van der Waals surface area contributed by atoms with Gasteiger partial charge in [0.1, 0.15) is 28.6 Å². The number of hydrogen-bond donors (Lipinski definition) is 0. The number of aromatic nitrogens is 5. The molecule has 1 unspecified atom stereocenters. The average molecular weight is 409 g/mol. The molecule has 5 heterocycles. The van der Waals surface area contributed by atoms with Crippen LogP contribution in [0.5, 0.6) is 0 Å². The summed E-state index contributed by atoms with van der Waals surface area (Å²) in [6.07, 6.45) is 14.0. The van der Waals surface area contributed by atoms with Crippen molar-refractivity contribution in [1.82, 2.24) is 24.7 Å². The molecule has 0 amide bonds. The van der Waals surface area contributed by atoms with Gasteiger partial charge < -0.3 is 9.47 Å². The van der Waals surface area contributed by atoms with Crippen molar-refractivity contribution in [1.29, 1.82) is 0 Å². The summed E-state index contributed by atoms with van der Waals surface area (Å²) in [5.74, 6) is 4.02. The van der Waals surface area contributed by atoms with E-state index in [2.05, 4.69) is 24.6 Å². The lowest BCUT2D eigenvalue weighted by Gasteiger charge is -2.33. The second-order valence-electron chi connectivity index (χ2n) is 8.81. The van der Waals surface area contributed by atoms with Crippen LogP contribution >= 0.6 is 11.3 Å². The Morgan fingerprint density at radius 1 is 0.897 bits per heavy atom. The lowest BCUT2D eigenvalue weighted by molar-refractivity contribution is 0.464. The van der Waals surface area contributed by atoms with E-state index >= 15 is 0 Å². The monoisotopic (exact) mass is 408 g/mol. The van der Waals surface area contributed by atoms with Gasteiger partial charge >= 0.3 is 0 Å². The lowest BCUT2D eigenvalue weighted by atomic mass is 9.95. The molecule has 1 aliphatic carbocycles. The van der Waals surface area contributed by atoms with Crippen LogP contribution in [0.15, 0.2) is 6.33 Å². The molecule has 1 fully saturated rings. The van der Waals surface area contributed by atoms with Gasteiger partial charge in [0.05, 0.1) is 5.39 Å². The van der Waals surface area contributed by atoms with Crippen molar-refractivity contribution in [3.63, 3.8) is 0 Å². The van der Waals surface area contributed by atoms with Gasteiger partial charge in [-0.05, 0) is 56.9 Å². The largest absolute Gasteiger partial charge is 0.355 e. The highest BCUT2D eigenvalue weighted by Gasteiger charge is 2.30. The van der Waals surface area contributed by atoms with Crippen molar-refractivity contribution >= 4 is 27.4 Å². The third kappa shape index (κ3) is 3.05. The fraction of sp³-hybridized carbons (Fsp3) is 0.636. The molecule has 3 aliphatic rings. The Kier molecular flexibility index (Phi) is 4.51. The molecule has 6 nitrogen and oxygen atoms in total. The summed E-state index contributed by atoms with van der Waals surface area (Å²) in [5.41, 5.74) is 1.53. The summed E-state index contributed by atoms with van der Waals surface area (Å²) in [6, 6.07) is 0. The molecule has 6 rings (SSSR count). The Bertz CT molecular complexity index is 1040. The van der Waals surface area contributed by atoms with Gasteiger partial charge in [-0.3, -0.25) is 0 Å². The van der Waals surface area contributed by atoms with Gasteiger partial charge in [0.25, 0.3) is 0 Å². The minimum atomic E-state index is 0.447. The third-order valence-corrected chi connectivity index (χ3v) is 8.16. The number of aryl methyl sites for hydroxylation is 3. The highest BCUT2D eigenvalue weighted by molar-refractivity contribution is 7.19. The van der Waals surface area contributed by atoms with Crippen molar-refractivity contribution in [3.05, 3.63) is 28.4 Å². The van der Waals surface area contributed by atoms with Gasteiger partial charge in [0.15, 0.2) is 0 Å². The Morgan fingerprint density at radius 3 is 2.83 bits per heavy atom.